The number of methoxy groups -OCH3 is 1. The zero-order chi connectivity index (χ0) is 20.6. The van der Waals surface area contributed by atoms with Crippen molar-refractivity contribution in [3.05, 3.63) is 54.0 Å². The molecule has 1 fully saturated rings. The number of hydrogen-bond donors (Lipinski definition) is 2. The molecule has 0 bridgehead atoms. The molecule has 1 saturated heterocycles. The van der Waals surface area contributed by atoms with E-state index in [-0.39, 0.29) is 17.9 Å². The SMILES string of the molecule is COc1ccc([C@H](CNC(=O)[C@@H](C)NC(=O)c2ccoc2)N2CCCCC2)cc1. The highest BCUT2D eigenvalue weighted by Gasteiger charge is 2.24. The summed E-state index contributed by atoms with van der Waals surface area (Å²) in [6.45, 7) is 4.19. The van der Waals surface area contributed by atoms with Crippen LogP contribution in [0.2, 0.25) is 0 Å². The maximum Gasteiger partial charge on any atom is 0.255 e. The fourth-order valence-electron chi connectivity index (χ4n) is 3.60. The Kier molecular flexibility index (Phi) is 7.30. The number of carbonyl (C=O) groups is 2. The molecular formula is C22H29N3O4. The van der Waals surface area contributed by atoms with Crippen LogP contribution in [0, 0.1) is 0 Å². The lowest BCUT2D eigenvalue weighted by atomic mass is 10.0. The van der Waals surface area contributed by atoms with Gasteiger partial charge < -0.3 is 19.8 Å². The molecule has 156 valence electrons. The second kappa shape index (κ2) is 10.1. The van der Waals surface area contributed by atoms with Gasteiger partial charge >= 0.3 is 0 Å². The molecule has 0 unspecified atom stereocenters. The zero-order valence-electron chi connectivity index (χ0n) is 17.0. The predicted octanol–water partition coefficient (Wildman–Crippen LogP) is 2.75. The summed E-state index contributed by atoms with van der Waals surface area (Å²) in [5.41, 5.74) is 1.54. The molecule has 2 heterocycles. The fourth-order valence-corrected chi connectivity index (χ4v) is 3.60. The van der Waals surface area contributed by atoms with E-state index in [0.717, 1.165) is 37.2 Å². The number of amides is 2. The van der Waals surface area contributed by atoms with Crippen LogP contribution >= 0.6 is 0 Å². The van der Waals surface area contributed by atoms with Crippen molar-refractivity contribution in [2.45, 2.75) is 38.3 Å². The van der Waals surface area contributed by atoms with E-state index in [2.05, 4.69) is 15.5 Å². The molecule has 1 aliphatic heterocycles. The molecule has 1 aromatic carbocycles. The molecule has 7 heteroatoms. The van der Waals surface area contributed by atoms with Crippen molar-refractivity contribution < 1.29 is 18.7 Å². The predicted molar refractivity (Wildman–Crippen MR) is 110 cm³/mol. The van der Waals surface area contributed by atoms with Gasteiger partial charge in [-0.05, 0) is 56.6 Å². The Balaban J connectivity index is 1.62. The van der Waals surface area contributed by atoms with Crippen LogP contribution in [0.25, 0.3) is 0 Å². The van der Waals surface area contributed by atoms with E-state index in [4.69, 9.17) is 9.15 Å². The molecule has 7 nitrogen and oxygen atoms in total. The maximum atomic E-state index is 12.6. The van der Waals surface area contributed by atoms with Gasteiger partial charge in [0.25, 0.3) is 5.91 Å². The molecule has 0 spiro atoms. The number of likely N-dealkylation sites (tertiary alicyclic amines) is 1. The minimum Gasteiger partial charge on any atom is -0.497 e. The molecular weight excluding hydrogens is 370 g/mol. The van der Waals surface area contributed by atoms with Crippen molar-refractivity contribution in [2.24, 2.45) is 0 Å². The number of carbonyl (C=O) groups excluding carboxylic acids is 2. The Bertz CT molecular complexity index is 783. The molecule has 0 saturated carbocycles. The van der Waals surface area contributed by atoms with Crippen molar-refractivity contribution in [3.8, 4) is 5.75 Å². The highest BCUT2D eigenvalue weighted by molar-refractivity contribution is 5.97. The van der Waals surface area contributed by atoms with Crippen molar-refractivity contribution in [2.75, 3.05) is 26.7 Å². The topological polar surface area (TPSA) is 83.8 Å². The summed E-state index contributed by atoms with van der Waals surface area (Å²) in [6.07, 6.45) is 6.36. The lowest BCUT2D eigenvalue weighted by molar-refractivity contribution is -0.122. The number of benzene rings is 1. The Morgan fingerprint density at radius 1 is 1.14 bits per heavy atom. The summed E-state index contributed by atoms with van der Waals surface area (Å²) >= 11 is 0. The molecule has 0 aliphatic carbocycles. The first kappa shape index (κ1) is 20.9. The van der Waals surface area contributed by atoms with Gasteiger partial charge in [-0.3, -0.25) is 14.5 Å². The number of nitrogens with zero attached hydrogens (tertiary/aromatic N) is 1. The minimum absolute atomic E-state index is 0.0851. The third-order valence-corrected chi connectivity index (χ3v) is 5.33. The van der Waals surface area contributed by atoms with Gasteiger partial charge in [-0.1, -0.05) is 18.6 Å². The summed E-state index contributed by atoms with van der Waals surface area (Å²) in [5.74, 6) is 0.271. The van der Waals surface area contributed by atoms with E-state index < -0.39 is 6.04 Å². The standard InChI is InChI=1S/C22H29N3O4/c1-16(24-22(27)18-10-13-29-15-18)21(26)23-14-20(25-11-4-3-5-12-25)17-6-8-19(28-2)9-7-17/h6-10,13,15-16,20H,3-5,11-12,14H2,1-2H3,(H,23,26)(H,24,27)/t16-,20+/m1/s1. The Labute approximate surface area is 171 Å². The second-order valence-electron chi connectivity index (χ2n) is 7.34. The molecule has 0 radical (unpaired) electrons. The molecule has 2 atom stereocenters. The third kappa shape index (κ3) is 5.60. The van der Waals surface area contributed by atoms with Gasteiger partial charge in [0.05, 0.1) is 25.0 Å². The van der Waals surface area contributed by atoms with Crippen LogP contribution in [0.5, 0.6) is 5.75 Å². The third-order valence-electron chi connectivity index (χ3n) is 5.33. The average Bonchev–Trinajstić information content (AvgIpc) is 3.30. The Morgan fingerprint density at radius 3 is 2.48 bits per heavy atom. The monoisotopic (exact) mass is 399 g/mol. The van der Waals surface area contributed by atoms with Crippen LogP contribution in [-0.4, -0.2) is 49.5 Å². The highest BCUT2D eigenvalue weighted by atomic mass is 16.5. The summed E-state index contributed by atoms with van der Waals surface area (Å²) in [6, 6.07) is 9.00. The van der Waals surface area contributed by atoms with E-state index >= 15 is 0 Å². The van der Waals surface area contributed by atoms with E-state index in [1.165, 1.54) is 18.9 Å². The number of rotatable bonds is 8. The molecule has 1 aromatic heterocycles. The largest absolute Gasteiger partial charge is 0.497 e. The molecule has 2 amide bonds. The molecule has 2 N–H and O–H groups in total. The lowest BCUT2D eigenvalue weighted by Crippen LogP contribution is -2.47. The average molecular weight is 399 g/mol. The summed E-state index contributed by atoms with van der Waals surface area (Å²) in [5, 5.41) is 5.71. The van der Waals surface area contributed by atoms with E-state index in [0.29, 0.717) is 12.1 Å². The smallest absolute Gasteiger partial charge is 0.255 e. The fraction of sp³-hybridized carbons (Fsp3) is 0.455. The summed E-state index contributed by atoms with van der Waals surface area (Å²) in [7, 11) is 1.65. The first-order chi connectivity index (χ1) is 14.1. The maximum absolute atomic E-state index is 12.6. The van der Waals surface area contributed by atoms with E-state index in [1.54, 1.807) is 20.1 Å². The van der Waals surface area contributed by atoms with Gasteiger partial charge in [-0.25, -0.2) is 0 Å². The van der Waals surface area contributed by atoms with Gasteiger partial charge in [0.15, 0.2) is 0 Å². The Hall–Kier alpha value is -2.80. The first-order valence-corrected chi connectivity index (χ1v) is 10.1. The quantitative estimate of drug-likeness (QED) is 0.713. The second-order valence-corrected chi connectivity index (χ2v) is 7.34. The van der Waals surface area contributed by atoms with Crippen LogP contribution in [0.15, 0.2) is 47.3 Å². The van der Waals surface area contributed by atoms with Crippen LogP contribution in [0.4, 0.5) is 0 Å². The van der Waals surface area contributed by atoms with Crippen LogP contribution in [0.1, 0.15) is 48.1 Å². The van der Waals surface area contributed by atoms with E-state index in [1.807, 2.05) is 24.3 Å². The molecule has 2 aromatic rings. The van der Waals surface area contributed by atoms with Gasteiger partial charge in [-0.15, -0.1) is 0 Å². The van der Waals surface area contributed by atoms with Crippen LogP contribution in [0.3, 0.4) is 0 Å². The molecule has 29 heavy (non-hydrogen) atoms. The van der Waals surface area contributed by atoms with Crippen molar-refractivity contribution in [1.29, 1.82) is 0 Å². The number of hydrogen-bond acceptors (Lipinski definition) is 5. The normalized spacial score (nSPS) is 16.6. The number of furan rings is 1. The Morgan fingerprint density at radius 2 is 1.86 bits per heavy atom. The summed E-state index contributed by atoms with van der Waals surface area (Å²) in [4.78, 5) is 27.1. The van der Waals surface area contributed by atoms with Crippen LogP contribution < -0.4 is 15.4 Å². The highest BCUT2D eigenvalue weighted by Crippen LogP contribution is 2.25. The number of piperidine rings is 1. The van der Waals surface area contributed by atoms with Gasteiger partial charge in [0.1, 0.15) is 18.1 Å². The first-order valence-electron chi connectivity index (χ1n) is 10.1. The van der Waals surface area contributed by atoms with Gasteiger partial charge in [0, 0.05) is 6.54 Å². The number of ether oxygens (including phenoxy) is 1. The van der Waals surface area contributed by atoms with Gasteiger partial charge in [-0.2, -0.15) is 0 Å². The minimum atomic E-state index is -0.643. The van der Waals surface area contributed by atoms with Gasteiger partial charge in [0.2, 0.25) is 5.91 Å². The van der Waals surface area contributed by atoms with E-state index in [9.17, 15) is 9.59 Å². The van der Waals surface area contributed by atoms with Crippen molar-refractivity contribution in [1.82, 2.24) is 15.5 Å². The summed E-state index contributed by atoms with van der Waals surface area (Å²) < 4.78 is 10.2. The molecule has 1 aliphatic rings. The van der Waals surface area contributed by atoms with Crippen molar-refractivity contribution in [3.63, 3.8) is 0 Å². The van der Waals surface area contributed by atoms with Crippen molar-refractivity contribution >= 4 is 11.8 Å². The molecule has 3 rings (SSSR count). The number of nitrogens with one attached hydrogen (secondary N) is 2. The zero-order valence-corrected chi connectivity index (χ0v) is 17.0. The van der Waals surface area contributed by atoms with Crippen LogP contribution in [-0.2, 0) is 4.79 Å². The lowest BCUT2D eigenvalue weighted by Gasteiger charge is -2.35.